The Hall–Kier alpha value is -0.940. The molecule has 0 aliphatic heterocycles. The van der Waals surface area contributed by atoms with Gasteiger partial charge in [-0.1, -0.05) is 6.92 Å². The van der Waals surface area contributed by atoms with Crippen molar-refractivity contribution in [3.05, 3.63) is 15.6 Å². The van der Waals surface area contributed by atoms with Crippen molar-refractivity contribution >= 4 is 17.2 Å². The zero-order valence-electron chi connectivity index (χ0n) is 11.1. The van der Waals surface area contributed by atoms with E-state index in [-0.39, 0.29) is 11.9 Å². The van der Waals surface area contributed by atoms with Crippen LogP contribution >= 0.6 is 11.3 Å². The average Bonchev–Trinajstić information content (AvgIpc) is 2.57. The van der Waals surface area contributed by atoms with Crippen LogP contribution in [-0.2, 0) is 4.79 Å². The van der Waals surface area contributed by atoms with Crippen LogP contribution in [0.4, 0.5) is 0 Å². The molecule has 0 spiro atoms. The van der Waals surface area contributed by atoms with Crippen molar-refractivity contribution in [2.24, 2.45) is 5.73 Å². The smallest absolute Gasteiger partial charge is 0.240 e. The predicted octanol–water partition coefficient (Wildman–Crippen LogP) is 2.06. The highest BCUT2D eigenvalue weighted by molar-refractivity contribution is 7.11. The lowest BCUT2D eigenvalue weighted by Gasteiger charge is -2.24. The molecule has 1 heterocycles. The molecule has 3 N–H and O–H groups in total. The third-order valence-corrected chi connectivity index (χ3v) is 4.19. The number of hydrogen-bond donors (Lipinski definition) is 2. The molecule has 1 rings (SSSR count). The Bertz CT molecular complexity index is 412. The van der Waals surface area contributed by atoms with Gasteiger partial charge in [0.1, 0.15) is 0 Å². The summed E-state index contributed by atoms with van der Waals surface area (Å²) in [7, 11) is 0. The molecule has 4 nitrogen and oxygen atoms in total. The van der Waals surface area contributed by atoms with Gasteiger partial charge in [0.05, 0.1) is 22.3 Å². The molecule has 1 aromatic rings. The van der Waals surface area contributed by atoms with E-state index in [2.05, 4.69) is 10.3 Å². The Morgan fingerprint density at radius 2 is 2.18 bits per heavy atom. The quantitative estimate of drug-likeness (QED) is 0.865. The van der Waals surface area contributed by atoms with Crippen LogP contribution in [0.1, 0.15) is 48.8 Å². The molecule has 0 radical (unpaired) electrons. The highest BCUT2D eigenvalue weighted by Gasteiger charge is 2.28. The summed E-state index contributed by atoms with van der Waals surface area (Å²) in [5.41, 5.74) is 6.08. The van der Waals surface area contributed by atoms with E-state index in [1.807, 2.05) is 27.7 Å². The molecule has 5 heteroatoms. The van der Waals surface area contributed by atoms with Gasteiger partial charge < -0.3 is 11.1 Å². The molecule has 0 saturated carbocycles. The van der Waals surface area contributed by atoms with Crippen molar-refractivity contribution in [3.8, 4) is 0 Å². The summed E-state index contributed by atoms with van der Waals surface area (Å²) in [4.78, 5) is 17.4. The number of hydrogen-bond acceptors (Lipinski definition) is 4. The fourth-order valence-electron chi connectivity index (χ4n) is 1.54. The summed E-state index contributed by atoms with van der Waals surface area (Å²) in [6.45, 7) is 9.55. The minimum atomic E-state index is -0.804. The third-order valence-electron chi connectivity index (χ3n) is 2.93. The van der Waals surface area contributed by atoms with Gasteiger partial charge in [0, 0.05) is 4.88 Å². The minimum Gasteiger partial charge on any atom is -0.347 e. The Labute approximate surface area is 107 Å². The number of carbonyl (C=O) groups is 1. The number of amides is 1. The van der Waals surface area contributed by atoms with Crippen LogP contribution in [0.3, 0.4) is 0 Å². The standard InChI is InChI=1S/C12H21N3OS/c1-6-12(5,13)11(16)15-8(3)10-7(2)14-9(4)17-10/h8H,6,13H2,1-5H3,(H,15,16). The monoisotopic (exact) mass is 255 g/mol. The van der Waals surface area contributed by atoms with Crippen LogP contribution in [0.5, 0.6) is 0 Å². The maximum Gasteiger partial charge on any atom is 0.240 e. The zero-order valence-corrected chi connectivity index (χ0v) is 11.9. The topological polar surface area (TPSA) is 68.0 Å². The first-order valence-electron chi connectivity index (χ1n) is 5.81. The molecule has 1 amide bonds. The number of aryl methyl sites for hydroxylation is 2. The average molecular weight is 255 g/mol. The van der Waals surface area contributed by atoms with Crippen molar-refractivity contribution in [1.29, 1.82) is 0 Å². The largest absolute Gasteiger partial charge is 0.347 e. The van der Waals surface area contributed by atoms with Gasteiger partial charge in [-0.2, -0.15) is 0 Å². The van der Waals surface area contributed by atoms with Gasteiger partial charge in [-0.25, -0.2) is 4.98 Å². The molecule has 96 valence electrons. The van der Waals surface area contributed by atoms with Gasteiger partial charge in [0.15, 0.2) is 0 Å². The third kappa shape index (κ3) is 3.26. The first-order chi connectivity index (χ1) is 7.77. The summed E-state index contributed by atoms with van der Waals surface area (Å²) in [6, 6.07) is -0.0388. The van der Waals surface area contributed by atoms with Crippen LogP contribution in [0.15, 0.2) is 0 Å². The van der Waals surface area contributed by atoms with Crippen LogP contribution in [0.25, 0.3) is 0 Å². The molecule has 2 unspecified atom stereocenters. The Balaban J connectivity index is 2.77. The van der Waals surface area contributed by atoms with Gasteiger partial charge in [-0.3, -0.25) is 4.79 Å². The first-order valence-corrected chi connectivity index (χ1v) is 6.63. The van der Waals surface area contributed by atoms with E-state index in [4.69, 9.17) is 5.73 Å². The number of nitrogens with zero attached hydrogens (tertiary/aromatic N) is 1. The van der Waals surface area contributed by atoms with Gasteiger partial charge in [0.2, 0.25) is 5.91 Å². The molecule has 0 aromatic carbocycles. The summed E-state index contributed by atoms with van der Waals surface area (Å²) in [6.07, 6.45) is 0.617. The predicted molar refractivity (Wildman–Crippen MR) is 71.0 cm³/mol. The molecule has 0 aliphatic rings. The van der Waals surface area contributed by atoms with E-state index < -0.39 is 5.54 Å². The Morgan fingerprint density at radius 3 is 2.59 bits per heavy atom. The second-order valence-electron chi connectivity index (χ2n) is 4.65. The normalized spacial score (nSPS) is 16.4. The molecular weight excluding hydrogens is 234 g/mol. The van der Waals surface area contributed by atoms with E-state index in [1.54, 1.807) is 18.3 Å². The molecule has 0 bridgehead atoms. The van der Waals surface area contributed by atoms with E-state index >= 15 is 0 Å². The van der Waals surface area contributed by atoms with Crippen molar-refractivity contribution < 1.29 is 4.79 Å². The molecule has 0 aliphatic carbocycles. The van der Waals surface area contributed by atoms with Crippen LogP contribution < -0.4 is 11.1 Å². The number of carbonyl (C=O) groups excluding carboxylic acids is 1. The summed E-state index contributed by atoms with van der Waals surface area (Å²) in [5.74, 6) is -0.113. The van der Waals surface area contributed by atoms with Crippen molar-refractivity contribution in [1.82, 2.24) is 10.3 Å². The van der Waals surface area contributed by atoms with E-state index in [9.17, 15) is 4.79 Å². The maximum atomic E-state index is 11.9. The first kappa shape index (κ1) is 14.1. The van der Waals surface area contributed by atoms with E-state index in [0.29, 0.717) is 6.42 Å². The lowest BCUT2D eigenvalue weighted by Crippen LogP contribution is -2.51. The van der Waals surface area contributed by atoms with Gasteiger partial charge in [-0.05, 0) is 34.1 Å². The van der Waals surface area contributed by atoms with Gasteiger partial charge >= 0.3 is 0 Å². The van der Waals surface area contributed by atoms with Crippen molar-refractivity contribution in [2.45, 2.75) is 52.6 Å². The second-order valence-corrected chi connectivity index (χ2v) is 5.88. The molecular formula is C12H21N3OS. The number of nitrogens with one attached hydrogen (secondary N) is 1. The number of rotatable bonds is 4. The number of nitrogens with two attached hydrogens (primary N) is 1. The van der Waals surface area contributed by atoms with Gasteiger partial charge in [-0.15, -0.1) is 11.3 Å². The molecule has 0 saturated heterocycles. The van der Waals surface area contributed by atoms with Crippen molar-refractivity contribution in [3.63, 3.8) is 0 Å². The molecule has 1 aromatic heterocycles. The molecule has 2 atom stereocenters. The fourth-order valence-corrected chi connectivity index (χ4v) is 2.47. The van der Waals surface area contributed by atoms with Gasteiger partial charge in [0.25, 0.3) is 0 Å². The SMILES string of the molecule is CCC(C)(N)C(=O)NC(C)c1sc(C)nc1C. The summed E-state index contributed by atoms with van der Waals surface area (Å²) >= 11 is 1.62. The summed E-state index contributed by atoms with van der Waals surface area (Å²) < 4.78 is 0. The lowest BCUT2D eigenvalue weighted by atomic mass is 9.99. The zero-order chi connectivity index (χ0) is 13.2. The van der Waals surface area contributed by atoms with E-state index in [0.717, 1.165) is 15.6 Å². The van der Waals surface area contributed by atoms with Crippen LogP contribution in [0.2, 0.25) is 0 Å². The number of thiazole rings is 1. The highest BCUT2D eigenvalue weighted by Crippen LogP contribution is 2.24. The number of aromatic nitrogens is 1. The fraction of sp³-hybridized carbons (Fsp3) is 0.667. The minimum absolute atomic E-state index is 0.0388. The Morgan fingerprint density at radius 1 is 1.59 bits per heavy atom. The molecule has 17 heavy (non-hydrogen) atoms. The maximum absolute atomic E-state index is 11.9. The lowest BCUT2D eigenvalue weighted by molar-refractivity contribution is -0.126. The Kier molecular flexibility index (Phi) is 4.27. The highest BCUT2D eigenvalue weighted by atomic mass is 32.1. The summed E-state index contributed by atoms with van der Waals surface area (Å²) in [5, 5.41) is 3.97. The van der Waals surface area contributed by atoms with Crippen LogP contribution in [0, 0.1) is 13.8 Å². The van der Waals surface area contributed by atoms with Crippen molar-refractivity contribution in [2.75, 3.05) is 0 Å². The second kappa shape index (κ2) is 5.14. The van der Waals surface area contributed by atoms with Crippen LogP contribution in [-0.4, -0.2) is 16.4 Å². The molecule has 0 fully saturated rings. The van der Waals surface area contributed by atoms with E-state index in [1.165, 1.54) is 0 Å².